The summed E-state index contributed by atoms with van der Waals surface area (Å²) in [6, 6.07) is 9.10. The molecular formula is C28H29ClF2N2O3. The average Bonchev–Trinajstić information content (AvgIpc) is 2.89. The minimum atomic E-state index is -0.908. The number of piperidine rings is 1. The highest BCUT2D eigenvalue weighted by Crippen LogP contribution is 2.40. The molecule has 1 unspecified atom stereocenters. The van der Waals surface area contributed by atoms with Gasteiger partial charge in [0.25, 0.3) is 0 Å². The summed E-state index contributed by atoms with van der Waals surface area (Å²) in [6.07, 6.45) is 3.37. The second-order valence-corrected chi connectivity index (χ2v) is 9.73. The largest absolute Gasteiger partial charge is 0.497 e. The van der Waals surface area contributed by atoms with E-state index in [4.69, 9.17) is 16.3 Å². The first-order valence-corrected chi connectivity index (χ1v) is 12.3. The minimum absolute atomic E-state index is 0.0345. The van der Waals surface area contributed by atoms with Crippen molar-refractivity contribution >= 4 is 22.5 Å². The summed E-state index contributed by atoms with van der Waals surface area (Å²) in [5, 5.41) is 22.5. The van der Waals surface area contributed by atoms with Crippen LogP contribution in [0.2, 0.25) is 5.02 Å². The summed E-state index contributed by atoms with van der Waals surface area (Å²) >= 11 is 6.44. The van der Waals surface area contributed by atoms with Gasteiger partial charge in [0, 0.05) is 29.3 Å². The van der Waals surface area contributed by atoms with Crippen molar-refractivity contribution in [3.05, 3.63) is 70.4 Å². The minimum Gasteiger partial charge on any atom is -0.497 e. The van der Waals surface area contributed by atoms with Crippen LogP contribution in [0, 0.1) is 28.9 Å². The Kier molecular flexibility index (Phi) is 8.43. The van der Waals surface area contributed by atoms with Crippen LogP contribution >= 0.6 is 11.6 Å². The van der Waals surface area contributed by atoms with Crippen molar-refractivity contribution in [2.24, 2.45) is 5.41 Å². The molecule has 3 aromatic rings. The van der Waals surface area contributed by atoms with Crippen LogP contribution in [-0.2, 0) is 0 Å². The number of hydrogen-bond acceptors (Lipinski definition) is 5. The van der Waals surface area contributed by atoms with Gasteiger partial charge in [-0.2, -0.15) is 0 Å². The van der Waals surface area contributed by atoms with Gasteiger partial charge in [0.1, 0.15) is 5.75 Å². The summed E-state index contributed by atoms with van der Waals surface area (Å²) in [4.78, 5) is 6.53. The number of aliphatic hydroxyl groups excluding tert-OH is 2. The third-order valence-corrected chi connectivity index (χ3v) is 7.36. The molecule has 0 saturated carbocycles. The van der Waals surface area contributed by atoms with Crippen LogP contribution in [0.4, 0.5) is 8.78 Å². The van der Waals surface area contributed by atoms with E-state index >= 15 is 0 Å². The van der Waals surface area contributed by atoms with E-state index in [1.165, 1.54) is 6.07 Å². The molecule has 0 bridgehead atoms. The zero-order chi connectivity index (χ0) is 25.7. The summed E-state index contributed by atoms with van der Waals surface area (Å²) in [7, 11) is 1.58. The Balaban J connectivity index is 1.37. The van der Waals surface area contributed by atoms with Crippen molar-refractivity contribution in [2.45, 2.75) is 31.8 Å². The van der Waals surface area contributed by atoms with Crippen LogP contribution in [-0.4, -0.2) is 53.4 Å². The molecule has 36 heavy (non-hydrogen) atoms. The molecule has 1 atom stereocenters. The van der Waals surface area contributed by atoms with E-state index in [-0.39, 0.29) is 12.0 Å². The van der Waals surface area contributed by atoms with E-state index in [9.17, 15) is 19.0 Å². The lowest BCUT2D eigenvalue weighted by atomic mass is 9.74. The van der Waals surface area contributed by atoms with Crippen LogP contribution in [0.3, 0.4) is 0 Å². The number of hydrogen-bond donors (Lipinski definition) is 2. The maximum absolute atomic E-state index is 13.3. The maximum Gasteiger partial charge on any atom is 0.160 e. The summed E-state index contributed by atoms with van der Waals surface area (Å²) < 4.78 is 31.7. The third-order valence-electron chi connectivity index (χ3n) is 7.06. The third kappa shape index (κ3) is 5.96. The smallest absolute Gasteiger partial charge is 0.160 e. The highest BCUT2D eigenvalue weighted by atomic mass is 35.5. The van der Waals surface area contributed by atoms with Gasteiger partial charge in [0.05, 0.1) is 30.3 Å². The summed E-state index contributed by atoms with van der Waals surface area (Å²) in [5.74, 6) is 4.76. The molecule has 0 radical (unpaired) electrons. The van der Waals surface area contributed by atoms with Crippen LogP contribution < -0.4 is 4.74 Å². The number of fused-ring (bicyclic) bond motifs is 1. The number of methoxy groups -OCH3 is 1. The zero-order valence-electron chi connectivity index (χ0n) is 20.1. The predicted molar refractivity (Wildman–Crippen MR) is 136 cm³/mol. The quantitative estimate of drug-likeness (QED) is 0.429. The predicted octanol–water partition coefficient (Wildman–Crippen LogP) is 5.11. The molecule has 2 aromatic carbocycles. The van der Waals surface area contributed by atoms with E-state index < -0.39 is 17.7 Å². The first kappa shape index (κ1) is 26.3. The topological polar surface area (TPSA) is 65.8 Å². The van der Waals surface area contributed by atoms with Gasteiger partial charge in [0.15, 0.2) is 11.6 Å². The van der Waals surface area contributed by atoms with Crippen molar-refractivity contribution in [3.63, 3.8) is 0 Å². The lowest BCUT2D eigenvalue weighted by molar-refractivity contribution is 0.0273. The molecule has 1 fully saturated rings. The molecule has 190 valence electrons. The number of halogens is 3. The Morgan fingerprint density at radius 1 is 1.17 bits per heavy atom. The van der Waals surface area contributed by atoms with E-state index in [0.29, 0.717) is 41.3 Å². The standard InChI is InChI=1S/C28H29ClF2N2O3/c1-36-20-5-7-25-21(16-20)27(22(29)17-32-25)26(35)8-9-28(18-34)10-13-33(14-11-28)12-2-3-19-4-6-23(30)24(31)15-19/h4-7,15-17,26,34-35H,8-14,18H2,1H3. The lowest BCUT2D eigenvalue weighted by Crippen LogP contribution is -2.42. The molecule has 0 aliphatic carbocycles. The Hall–Kier alpha value is -2.76. The van der Waals surface area contributed by atoms with Crippen molar-refractivity contribution in [2.75, 3.05) is 33.4 Å². The first-order chi connectivity index (χ1) is 17.3. The van der Waals surface area contributed by atoms with Crippen LogP contribution in [0.5, 0.6) is 5.75 Å². The molecule has 2 heterocycles. The second kappa shape index (κ2) is 11.5. The van der Waals surface area contributed by atoms with Crippen molar-refractivity contribution in [1.29, 1.82) is 0 Å². The molecule has 0 spiro atoms. The van der Waals surface area contributed by atoms with E-state index in [1.807, 2.05) is 18.2 Å². The molecule has 0 amide bonds. The first-order valence-electron chi connectivity index (χ1n) is 11.9. The average molecular weight is 515 g/mol. The van der Waals surface area contributed by atoms with Crippen LogP contribution in [0.25, 0.3) is 10.9 Å². The Morgan fingerprint density at radius 2 is 1.94 bits per heavy atom. The van der Waals surface area contributed by atoms with Gasteiger partial charge < -0.3 is 14.9 Å². The summed E-state index contributed by atoms with van der Waals surface area (Å²) in [6.45, 7) is 2.04. The van der Waals surface area contributed by atoms with Gasteiger partial charge in [0.2, 0.25) is 0 Å². The number of likely N-dealkylation sites (tertiary alicyclic amines) is 1. The molecular weight excluding hydrogens is 486 g/mol. The fourth-order valence-electron chi connectivity index (χ4n) is 4.72. The van der Waals surface area contributed by atoms with Gasteiger partial charge in [-0.25, -0.2) is 8.78 Å². The number of aromatic nitrogens is 1. The van der Waals surface area contributed by atoms with Gasteiger partial charge in [-0.1, -0.05) is 23.4 Å². The molecule has 1 aromatic heterocycles. The highest BCUT2D eigenvalue weighted by Gasteiger charge is 2.34. The number of pyridine rings is 1. The fourth-order valence-corrected chi connectivity index (χ4v) is 5.00. The van der Waals surface area contributed by atoms with Gasteiger partial charge >= 0.3 is 0 Å². The Morgan fingerprint density at radius 3 is 2.64 bits per heavy atom. The lowest BCUT2D eigenvalue weighted by Gasteiger charge is -2.40. The van der Waals surface area contributed by atoms with Crippen LogP contribution in [0.15, 0.2) is 42.6 Å². The number of benzene rings is 2. The van der Waals surface area contributed by atoms with Gasteiger partial charge in [-0.15, -0.1) is 0 Å². The zero-order valence-corrected chi connectivity index (χ0v) is 20.9. The van der Waals surface area contributed by atoms with Gasteiger partial charge in [-0.3, -0.25) is 9.88 Å². The SMILES string of the molecule is COc1ccc2ncc(Cl)c(C(O)CCC3(CO)CCN(CC#Cc4ccc(F)c(F)c4)CC3)c2c1. The number of rotatable bonds is 7. The number of ether oxygens (including phenoxy) is 1. The molecule has 1 saturated heterocycles. The monoisotopic (exact) mass is 514 g/mol. The number of aliphatic hydroxyl groups is 2. The van der Waals surface area contributed by atoms with E-state index in [2.05, 4.69) is 21.7 Å². The molecule has 8 heteroatoms. The second-order valence-electron chi connectivity index (χ2n) is 9.32. The van der Waals surface area contributed by atoms with Crippen molar-refractivity contribution in [3.8, 4) is 17.6 Å². The molecule has 2 N–H and O–H groups in total. The Labute approximate surface area is 214 Å². The maximum atomic E-state index is 13.3. The highest BCUT2D eigenvalue weighted by molar-refractivity contribution is 6.32. The molecule has 1 aliphatic heterocycles. The molecule has 5 nitrogen and oxygen atoms in total. The van der Waals surface area contributed by atoms with E-state index in [1.54, 1.807) is 13.3 Å². The normalized spacial score (nSPS) is 16.4. The van der Waals surface area contributed by atoms with Crippen molar-refractivity contribution in [1.82, 2.24) is 9.88 Å². The summed E-state index contributed by atoms with van der Waals surface area (Å²) in [5.41, 5.74) is 1.49. The fraction of sp³-hybridized carbons (Fsp3) is 0.393. The van der Waals surface area contributed by atoms with Crippen molar-refractivity contribution < 1.29 is 23.7 Å². The molecule has 4 rings (SSSR count). The van der Waals surface area contributed by atoms with E-state index in [0.717, 1.165) is 49.0 Å². The van der Waals surface area contributed by atoms with Gasteiger partial charge in [-0.05, 0) is 80.6 Å². The molecule has 1 aliphatic rings. The Bertz CT molecular complexity index is 1280. The van der Waals surface area contributed by atoms with Crippen LogP contribution in [0.1, 0.15) is 42.9 Å². The number of nitrogens with zero attached hydrogens (tertiary/aromatic N) is 2.